The molecule has 6 rings (SSSR count). The minimum Gasteiger partial charge on any atom is -0.456 e. The molecular formula is C30H26B2O3. The van der Waals surface area contributed by atoms with Crippen LogP contribution >= 0.6 is 0 Å². The molecule has 1 saturated heterocycles. The van der Waals surface area contributed by atoms with Crippen LogP contribution in [0.4, 0.5) is 0 Å². The van der Waals surface area contributed by atoms with Crippen molar-refractivity contribution in [2.45, 2.75) is 38.9 Å². The van der Waals surface area contributed by atoms with Gasteiger partial charge in [0, 0.05) is 16.3 Å². The fourth-order valence-electron chi connectivity index (χ4n) is 4.81. The molecule has 1 aliphatic heterocycles. The third-order valence-corrected chi connectivity index (χ3v) is 7.52. The van der Waals surface area contributed by atoms with Crippen molar-refractivity contribution in [3.63, 3.8) is 0 Å². The Kier molecular flexibility index (Phi) is 5.00. The highest BCUT2D eigenvalue weighted by Gasteiger charge is 2.52. The molecule has 35 heavy (non-hydrogen) atoms. The zero-order chi connectivity index (χ0) is 24.4. The van der Waals surface area contributed by atoms with E-state index in [4.69, 9.17) is 21.6 Å². The molecule has 4 aromatic carbocycles. The van der Waals surface area contributed by atoms with Crippen molar-refractivity contribution in [1.29, 1.82) is 0 Å². The summed E-state index contributed by atoms with van der Waals surface area (Å²) in [4.78, 5) is 0. The SMILES string of the molecule is [B]c1ccc(B2OC(C)(C)C(C)(C)O2)c2c1oc1c(-c3ccc(-c4ccccc4)cc3)cccc12. The van der Waals surface area contributed by atoms with E-state index in [1.54, 1.807) is 0 Å². The van der Waals surface area contributed by atoms with E-state index in [1.165, 1.54) is 11.1 Å². The van der Waals surface area contributed by atoms with Crippen molar-refractivity contribution in [1.82, 2.24) is 0 Å². The Morgan fingerprint density at radius 1 is 0.629 bits per heavy atom. The maximum absolute atomic E-state index is 6.45. The molecule has 0 N–H and O–H groups in total. The van der Waals surface area contributed by atoms with Crippen LogP contribution in [0.2, 0.25) is 0 Å². The molecule has 0 unspecified atom stereocenters. The molecule has 0 aliphatic carbocycles. The minimum atomic E-state index is -0.502. The second-order valence-corrected chi connectivity index (χ2v) is 10.3. The van der Waals surface area contributed by atoms with Crippen LogP contribution in [0, 0.1) is 0 Å². The summed E-state index contributed by atoms with van der Waals surface area (Å²) in [6, 6.07) is 29.1. The summed E-state index contributed by atoms with van der Waals surface area (Å²) < 4.78 is 19.2. The maximum Gasteiger partial charge on any atom is 0.495 e. The quantitative estimate of drug-likeness (QED) is 0.312. The molecule has 0 spiro atoms. The Hall–Kier alpha value is -3.27. The molecule has 1 aliphatic rings. The highest BCUT2D eigenvalue weighted by molar-refractivity contribution is 6.66. The van der Waals surface area contributed by atoms with Gasteiger partial charge < -0.3 is 13.7 Å². The first kappa shape index (κ1) is 22.2. The molecule has 3 nitrogen and oxygen atoms in total. The smallest absolute Gasteiger partial charge is 0.456 e. The predicted octanol–water partition coefficient (Wildman–Crippen LogP) is 6.01. The van der Waals surface area contributed by atoms with Crippen LogP contribution in [0.1, 0.15) is 27.7 Å². The molecule has 0 amide bonds. The standard InChI is InChI=1S/C30H26B2O3/c1-29(2)30(3,4)35-32(34-29)25-18-17-24(31)28-26(25)23-12-8-11-22(27(23)33-28)21-15-13-20(14-16-21)19-9-6-5-7-10-19/h5-18H,1-4H3. The maximum atomic E-state index is 6.45. The summed E-state index contributed by atoms with van der Waals surface area (Å²) in [6.45, 7) is 8.25. The van der Waals surface area contributed by atoms with E-state index in [9.17, 15) is 0 Å². The molecular weight excluding hydrogens is 430 g/mol. The second-order valence-electron chi connectivity index (χ2n) is 10.3. The number of benzene rings is 4. The Balaban J connectivity index is 1.49. The van der Waals surface area contributed by atoms with E-state index in [-0.39, 0.29) is 0 Å². The van der Waals surface area contributed by atoms with Crippen LogP contribution < -0.4 is 10.9 Å². The summed E-state index contributed by atoms with van der Waals surface area (Å²) in [6.07, 6.45) is 0. The third-order valence-electron chi connectivity index (χ3n) is 7.52. The summed E-state index contributed by atoms with van der Waals surface area (Å²) in [5, 5.41) is 1.95. The van der Waals surface area contributed by atoms with Gasteiger partial charge in [-0.1, -0.05) is 90.4 Å². The number of hydrogen-bond acceptors (Lipinski definition) is 3. The van der Waals surface area contributed by atoms with Gasteiger partial charge in [-0.3, -0.25) is 0 Å². The van der Waals surface area contributed by atoms with E-state index in [1.807, 2.05) is 18.2 Å². The number of rotatable bonds is 3. The molecule has 0 bridgehead atoms. The van der Waals surface area contributed by atoms with Crippen LogP contribution in [-0.4, -0.2) is 26.2 Å². The van der Waals surface area contributed by atoms with Gasteiger partial charge in [-0.05, 0) is 49.8 Å². The third kappa shape index (κ3) is 3.53. The lowest BCUT2D eigenvalue weighted by molar-refractivity contribution is 0.00578. The van der Waals surface area contributed by atoms with Gasteiger partial charge in [-0.15, -0.1) is 0 Å². The van der Waals surface area contributed by atoms with Gasteiger partial charge in [0.1, 0.15) is 19.0 Å². The molecule has 1 aromatic heterocycles. The Labute approximate surface area is 207 Å². The first-order chi connectivity index (χ1) is 16.7. The molecule has 2 radical (unpaired) electrons. The van der Waals surface area contributed by atoms with E-state index in [0.717, 1.165) is 32.9 Å². The van der Waals surface area contributed by atoms with Crippen molar-refractivity contribution >= 4 is 47.8 Å². The lowest BCUT2D eigenvalue weighted by Crippen LogP contribution is -2.41. The molecule has 2 heterocycles. The lowest BCUT2D eigenvalue weighted by Gasteiger charge is -2.32. The zero-order valence-corrected chi connectivity index (χ0v) is 20.5. The van der Waals surface area contributed by atoms with Crippen LogP contribution in [0.3, 0.4) is 0 Å². The molecule has 0 saturated carbocycles. The van der Waals surface area contributed by atoms with Gasteiger partial charge in [-0.25, -0.2) is 0 Å². The summed E-state index contributed by atoms with van der Waals surface area (Å²) >= 11 is 0. The van der Waals surface area contributed by atoms with Crippen molar-refractivity contribution in [3.05, 3.63) is 84.9 Å². The first-order valence-electron chi connectivity index (χ1n) is 12.0. The van der Waals surface area contributed by atoms with Gasteiger partial charge in [-0.2, -0.15) is 0 Å². The average Bonchev–Trinajstić information content (AvgIpc) is 3.34. The van der Waals surface area contributed by atoms with Crippen molar-refractivity contribution in [3.8, 4) is 22.3 Å². The van der Waals surface area contributed by atoms with E-state index >= 15 is 0 Å². The van der Waals surface area contributed by atoms with Crippen LogP contribution in [0.15, 0.2) is 89.3 Å². The highest BCUT2D eigenvalue weighted by atomic mass is 16.7. The number of fused-ring (bicyclic) bond motifs is 3. The predicted molar refractivity (Wildman–Crippen MR) is 146 cm³/mol. The summed E-state index contributed by atoms with van der Waals surface area (Å²) in [7, 11) is 5.89. The molecule has 1 fully saturated rings. The molecule has 5 aromatic rings. The minimum absolute atomic E-state index is 0.434. The van der Waals surface area contributed by atoms with Gasteiger partial charge in [0.05, 0.1) is 11.2 Å². The zero-order valence-electron chi connectivity index (χ0n) is 20.5. The number of hydrogen-bond donors (Lipinski definition) is 0. The average molecular weight is 456 g/mol. The molecule has 0 atom stereocenters. The van der Waals surface area contributed by atoms with Crippen LogP contribution in [0.25, 0.3) is 44.2 Å². The number of furan rings is 1. The lowest BCUT2D eigenvalue weighted by atomic mass is 9.74. The van der Waals surface area contributed by atoms with E-state index in [0.29, 0.717) is 11.0 Å². The fourth-order valence-corrected chi connectivity index (χ4v) is 4.81. The van der Waals surface area contributed by atoms with Crippen LogP contribution in [0.5, 0.6) is 0 Å². The molecule has 5 heteroatoms. The normalized spacial score (nSPS) is 16.9. The van der Waals surface area contributed by atoms with Gasteiger partial charge in [0.25, 0.3) is 0 Å². The topological polar surface area (TPSA) is 31.6 Å². The van der Waals surface area contributed by atoms with Gasteiger partial charge >= 0.3 is 7.12 Å². The van der Waals surface area contributed by atoms with Crippen molar-refractivity contribution in [2.24, 2.45) is 0 Å². The fraction of sp³-hybridized carbons (Fsp3) is 0.200. The largest absolute Gasteiger partial charge is 0.495 e. The first-order valence-corrected chi connectivity index (χ1v) is 12.0. The number of para-hydroxylation sites is 1. The Morgan fingerprint density at radius 2 is 1.26 bits per heavy atom. The van der Waals surface area contributed by atoms with Gasteiger partial charge in [0.2, 0.25) is 0 Å². The second kappa shape index (κ2) is 7.87. The van der Waals surface area contributed by atoms with E-state index < -0.39 is 18.3 Å². The van der Waals surface area contributed by atoms with E-state index in [2.05, 4.69) is 94.4 Å². The monoisotopic (exact) mass is 456 g/mol. The molecule has 170 valence electrons. The van der Waals surface area contributed by atoms with Crippen molar-refractivity contribution < 1.29 is 13.7 Å². The van der Waals surface area contributed by atoms with Gasteiger partial charge in [0.15, 0.2) is 0 Å². The van der Waals surface area contributed by atoms with Crippen molar-refractivity contribution in [2.75, 3.05) is 0 Å². The Morgan fingerprint density at radius 3 is 1.94 bits per heavy atom. The van der Waals surface area contributed by atoms with Crippen LogP contribution in [-0.2, 0) is 9.31 Å². The summed E-state index contributed by atoms with van der Waals surface area (Å²) in [5.41, 5.74) is 6.63. The Bertz CT molecular complexity index is 1530. The highest BCUT2D eigenvalue weighted by Crippen LogP contribution is 2.39. The summed E-state index contributed by atoms with van der Waals surface area (Å²) in [5.74, 6) is 0.